The number of furan rings is 1. The fraction of sp³-hybridized carbons (Fsp3) is 0.0690. The summed E-state index contributed by atoms with van der Waals surface area (Å²) in [5, 5.41) is 3.08. The Morgan fingerprint density at radius 2 is 1.71 bits per heavy atom. The molecule has 0 amide bonds. The number of pyridine rings is 1. The standard InChI is InChI=1S/C29H21NO/c1-19-13-14-24(29-28(19)25-11-4-5-12-27(25)31-29)26-18-20(15-16-30-26)17-22-9-6-8-21-7-2-3-10-23(21)22/h2-16,18H,17H2,1H3/i1D3,17D2. The van der Waals surface area contributed by atoms with Gasteiger partial charge < -0.3 is 4.42 Å². The van der Waals surface area contributed by atoms with E-state index >= 15 is 0 Å². The highest BCUT2D eigenvalue weighted by atomic mass is 16.3. The molecule has 0 radical (unpaired) electrons. The molecule has 0 aliphatic rings. The zero-order chi connectivity index (χ0) is 25.1. The lowest BCUT2D eigenvalue weighted by molar-refractivity contribution is 0.669. The van der Waals surface area contributed by atoms with Gasteiger partial charge in [-0.05, 0) is 65.0 Å². The molecule has 2 heteroatoms. The van der Waals surface area contributed by atoms with Crippen LogP contribution in [0.1, 0.15) is 23.5 Å². The Balaban J connectivity index is 1.56. The average Bonchev–Trinajstić information content (AvgIpc) is 3.27. The molecule has 6 rings (SSSR count). The molecule has 0 saturated heterocycles. The van der Waals surface area contributed by atoms with Crippen LogP contribution in [0.2, 0.25) is 0 Å². The normalized spacial score (nSPS) is 14.8. The van der Waals surface area contributed by atoms with Crippen molar-refractivity contribution in [3.63, 3.8) is 0 Å². The first-order valence-corrected chi connectivity index (χ1v) is 10.1. The number of nitrogens with zero attached hydrogens (tertiary/aromatic N) is 1. The van der Waals surface area contributed by atoms with Crippen LogP contribution in [0.25, 0.3) is 44.0 Å². The topological polar surface area (TPSA) is 26.0 Å². The van der Waals surface area contributed by atoms with Crippen LogP contribution in [0.4, 0.5) is 0 Å². The molecular formula is C29H21NO. The van der Waals surface area contributed by atoms with Crippen LogP contribution >= 0.6 is 0 Å². The van der Waals surface area contributed by atoms with Gasteiger partial charge in [-0.2, -0.15) is 0 Å². The first kappa shape index (κ1) is 13.4. The second kappa shape index (κ2) is 7.10. The van der Waals surface area contributed by atoms with Crippen molar-refractivity contribution < 1.29 is 11.3 Å². The summed E-state index contributed by atoms with van der Waals surface area (Å²) in [4.78, 5) is 4.52. The third kappa shape index (κ3) is 3.00. The van der Waals surface area contributed by atoms with E-state index in [9.17, 15) is 0 Å². The van der Waals surface area contributed by atoms with E-state index in [2.05, 4.69) is 4.98 Å². The van der Waals surface area contributed by atoms with Crippen LogP contribution in [-0.2, 0) is 6.37 Å². The number of benzene rings is 4. The average molecular weight is 405 g/mol. The SMILES string of the molecule is [2H]C([2H])([2H])c1ccc(-c2cc(C([2H])([2H])c3cccc4ccccc34)ccn2)c2oc3ccccc3c12. The summed E-state index contributed by atoms with van der Waals surface area (Å²) in [6, 6.07) is 27.4. The first-order chi connectivity index (χ1) is 17.2. The van der Waals surface area contributed by atoms with Crippen molar-refractivity contribution in [3.05, 3.63) is 114 Å². The summed E-state index contributed by atoms with van der Waals surface area (Å²) < 4.78 is 48.4. The lowest BCUT2D eigenvalue weighted by Crippen LogP contribution is -1.93. The van der Waals surface area contributed by atoms with Crippen molar-refractivity contribution in [2.24, 2.45) is 0 Å². The molecule has 2 aromatic heterocycles. The molecule has 0 spiro atoms. The second-order valence-electron chi connectivity index (χ2n) is 7.54. The number of para-hydroxylation sites is 1. The van der Waals surface area contributed by atoms with Gasteiger partial charge in [0.15, 0.2) is 0 Å². The van der Waals surface area contributed by atoms with Gasteiger partial charge in [0.1, 0.15) is 11.2 Å². The Kier molecular flexibility index (Phi) is 3.07. The zero-order valence-electron chi connectivity index (χ0n) is 21.6. The van der Waals surface area contributed by atoms with Gasteiger partial charge in [0.25, 0.3) is 0 Å². The number of hydrogen-bond donors (Lipinski definition) is 0. The van der Waals surface area contributed by atoms with Crippen molar-refractivity contribution in [1.29, 1.82) is 0 Å². The van der Waals surface area contributed by atoms with E-state index < -0.39 is 13.2 Å². The molecule has 2 nitrogen and oxygen atoms in total. The molecule has 6 aromatic rings. The maximum atomic E-state index is 9.06. The Hall–Kier alpha value is -3.91. The molecule has 0 fully saturated rings. The highest BCUT2D eigenvalue weighted by Gasteiger charge is 2.15. The van der Waals surface area contributed by atoms with Gasteiger partial charge in [-0.3, -0.25) is 4.98 Å². The van der Waals surface area contributed by atoms with Gasteiger partial charge in [-0.25, -0.2) is 0 Å². The summed E-state index contributed by atoms with van der Waals surface area (Å²) in [6.45, 7) is -2.31. The minimum atomic E-state index is -2.31. The number of rotatable bonds is 3. The van der Waals surface area contributed by atoms with Crippen LogP contribution in [0, 0.1) is 6.85 Å². The monoisotopic (exact) mass is 404 g/mol. The van der Waals surface area contributed by atoms with E-state index in [4.69, 9.17) is 11.3 Å². The lowest BCUT2D eigenvalue weighted by Gasteiger charge is -2.09. The smallest absolute Gasteiger partial charge is 0.145 e. The third-order valence-electron chi connectivity index (χ3n) is 5.63. The summed E-state index contributed by atoms with van der Waals surface area (Å²) in [7, 11) is 0. The van der Waals surface area contributed by atoms with E-state index in [1.807, 2.05) is 66.7 Å². The zero-order valence-corrected chi connectivity index (χ0v) is 16.6. The molecule has 0 aliphatic carbocycles. The van der Waals surface area contributed by atoms with E-state index in [1.54, 1.807) is 30.5 Å². The molecule has 0 bridgehead atoms. The van der Waals surface area contributed by atoms with Crippen molar-refractivity contribution >= 4 is 32.7 Å². The molecule has 4 aromatic carbocycles. The number of fused-ring (bicyclic) bond motifs is 4. The molecule has 0 atom stereocenters. The Morgan fingerprint density at radius 1 is 0.871 bits per heavy atom. The van der Waals surface area contributed by atoms with Crippen LogP contribution in [-0.4, -0.2) is 4.98 Å². The molecule has 2 heterocycles. The van der Waals surface area contributed by atoms with Gasteiger partial charge in [0.2, 0.25) is 0 Å². The Bertz CT molecular complexity index is 1760. The summed E-state index contributed by atoms with van der Waals surface area (Å²) in [6.07, 6.45) is -0.204. The maximum absolute atomic E-state index is 9.06. The molecule has 0 N–H and O–H groups in total. The fourth-order valence-corrected chi connectivity index (χ4v) is 4.18. The van der Waals surface area contributed by atoms with E-state index in [0.717, 1.165) is 16.2 Å². The van der Waals surface area contributed by atoms with Crippen LogP contribution in [0.15, 0.2) is 102 Å². The fourth-order valence-electron chi connectivity index (χ4n) is 4.18. The minimum Gasteiger partial charge on any atom is -0.455 e. The van der Waals surface area contributed by atoms with Gasteiger partial charge in [-0.1, -0.05) is 66.7 Å². The third-order valence-corrected chi connectivity index (χ3v) is 5.63. The lowest BCUT2D eigenvalue weighted by atomic mass is 9.97. The van der Waals surface area contributed by atoms with Crippen LogP contribution < -0.4 is 0 Å². The van der Waals surface area contributed by atoms with Crippen molar-refractivity contribution in [2.45, 2.75) is 13.2 Å². The minimum absolute atomic E-state index is 0.216. The second-order valence-corrected chi connectivity index (χ2v) is 7.54. The van der Waals surface area contributed by atoms with Crippen LogP contribution in [0.3, 0.4) is 0 Å². The molecule has 148 valence electrons. The maximum Gasteiger partial charge on any atom is 0.145 e. The highest BCUT2D eigenvalue weighted by molar-refractivity contribution is 6.10. The largest absolute Gasteiger partial charge is 0.455 e. The molecular weight excluding hydrogens is 378 g/mol. The Labute approximate surface area is 187 Å². The van der Waals surface area contributed by atoms with Crippen molar-refractivity contribution in [2.75, 3.05) is 0 Å². The first-order valence-electron chi connectivity index (χ1n) is 12.6. The molecule has 0 aliphatic heterocycles. The predicted molar refractivity (Wildman–Crippen MR) is 128 cm³/mol. The molecule has 0 saturated carbocycles. The Morgan fingerprint density at radius 3 is 2.65 bits per heavy atom. The van der Waals surface area contributed by atoms with E-state index in [-0.39, 0.29) is 5.56 Å². The van der Waals surface area contributed by atoms with Gasteiger partial charge in [-0.15, -0.1) is 0 Å². The highest BCUT2D eigenvalue weighted by Crippen LogP contribution is 2.37. The van der Waals surface area contributed by atoms with Crippen molar-refractivity contribution in [3.8, 4) is 11.3 Å². The van der Waals surface area contributed by atoms with E-state index in [1.165, 1.54) is 0 Å². The van der Waals surface area contributed by atoms with Gasteiger partial charge in [0, 0.05) is 29.4 Å². The van der Waals surface area contributed by atoms with E-state index in [0.29, 0.717) is 38.9 Å². The van der Waals surface area contributed by atoms with Crippen LogP contribution in [0.5, 0.6) is 0 Å². The van der Waals surface area contributed by atoms with Gasteiger partial charge in [0.05, 0.1) is 5.69 Å². The summed E-state index contributed by atoms with van der Waals surface area (Å²) in [5.41, 5.74) is 3.39. The predicted octanol–water partition coefficient (Wildman–Crippen LogP) is 7.70. The van der Waals surface area contributed by atoms with Crippen molar-refractivity contribution in [1.82, 2.24) is 4.98 Å². The quantitative estimate of drug-likeness (QED) is 0.302. The number of hydrogen-bond acceptors (Lipinski definition) is 2. The number of aryl methyl sites for hydroxylation is 1. The molecule has 0 unspecified atom stereocenters. The number of aromatic nitrogens is 1. The van der Waals surface area contributed by atoms with Gasteiger partial charge >= 0.3 is 0 Å². The summed E-state index contributed by atoms with van der Waals surface area (Å²) >= 11 is 0. The summed E-state index contributed by atoms with van der Waals surface area (Å²) in [5.74, 6) is 0. The molecule has 31 heavy (non-hydrogen) atoms.